The normalized spacial score (nSPS) is 16.6. The molecule has 1 aromatic heterocycles. The molecule has 4 rings (SSSR count). The Morgan fingerprint density at radius 3 is 2.70 bits per heavy atom. The first-order valence-electron chi connectivity index (χ1n) is 9.93. The minimum absolute atomic E-state index is 0.0644. The van der Waals surface area contributed by atoms with E-state index >= 15 is 0 Å². The van der Waals surface area contributed by atoms with Gasteiger partial charge in [0.2, 0.25) is 5.91 Å². The van der Waals surface area contributed by atoms with Gasteiger partial charge >= 0.3 is 0 Å². The number of nitrogens with zero attached hydrogens (tertiary/aromatic N) is 4. The van der Waals surface area contributed by atoms with Crippen molar-refractivity contribution in [1.82, 2.24) is 19.7 Å². The first kappa shape index (κ1) is 20.9. The monoisotopic (exact) mass is 444 g/mol. The van der Waals surface area contributed by atoms with E-state index in [-0.39, 0.29) is 17.7 Å². The Labute approximate surface area is 184 Å². The molecule has 1 unspecified atom stereocenters. The van der Waals surface area contributed by atoms with Gasteiger partial charge < -0.3 is 4.90 Å². The van der Waals surface area contributed by atoms with Crippen LogP contribution in [-0.4, -0.2) is 43.9 Å². The van der Waals surface area contributed by atoms with Gasteiger partial charge in [0.05, 0.1) is 16.5 Å². The first-order chi connectivity index (χ1) is 14.6. The van der Waals surface area contributed by atoms with E-state index < -0.39 is 5.82 Å². The number of aromatic nitrogens is 3. The van der Waals surface area contributed by atoms with Gasteiger partial charge in [0.15, 0.2) is 11.0 Å². The van der Waals surface area contributed by atoms with E-state index in [4.69, 9.17) is 11.6 Å². The number of thioether (sulfide) groups is 1. The van der Waals surface area contributed by atoms with Gasteiger partial charge in [0.25, 0.3) is 0 Å². The van der Waals surface area contributed by atoms with Gasteiger partial charge in [0.1, 0.15) is 5.82 Å². The first-order valence-corrected chi connectivity index (χ1v) is 11.3. The van der Waals surface area contributed by atoms with Crippen molar-refractivity contribution >= 4 is 29.3 Å². The van der Waals surface area contributed by atoms with Crippen LogP contribution in [0.1, 0.15) is 26.2 Å². The Morgan fingerprint density at radius 1 is 1.17 bits per heavy atom. The van der Waals surface area contributed by atoms with Gasteiger partial charge in [-0.15, -0.1) is 10.2 Å². The summed E-state index contributed by atoms with van der Waals surface area (Å²) < 4.78 is 16.3. The van der Waals surface area contributed by atoms with Crippen LogP contribution in [0.5, 0.6) is 0 Å². The Kier molecular flexibility index (Phi) is 6.39. The fourth-order valence-electron chi connectivity index (χ4n) is 3.71. The van der Waals surface area contributed by atoms with Crippen LogP contribution in [0, 0.1) is 5.82 Å². The maximum Gasteiger partial charge on any atom is 0.233 e. The van der Waals surface area contributed by atoms with Crippen molar-refractivity contribution in [2.75, 3.05) is 12.3 Å². The van der Waals surface area contributed by atoms with Crippen molar-refractivity contribution in [1.29, 1.82) is 0 Å². The quantitative estimate of drug-likeness (QED) is 0.506. The number of hydrogen-bond acceptors (Lipinski definition) is 4. The highest BCUT2D eigenvalue weighted by Crippen LogP contribution is 2.33. The highest BCUT2D eigenvalue weighted by Gasteiger charge is 2.25. The molecular weight excluding hydrogens is 423 g/mol. The molecule has 5 nitrogen and oxygen atoms in total. The van der Waals surface area contributed by atoms with Crippen LogP contribution in [0.4, 0.5) is 4.39 Å². The van der Waals surface area contributed by atoms with Gasteiger partial charge in [-0.05, 0) is 50.5 Å². The second-order valence-corrected chi connectivity index (χ2v) is 8.64. The summed E-state index contributed by atoms with van der Waals surface area (Å²) in [6, 6.07) is 13.9. The van der Waals surface area contributed by atoms with E-state index in [1.807, 2.05) is 23.1 Å². The molecule has 1 fully saturated rings. The summed E-state index contributed by atoms with van der Waals surface area (Å²) in [6.45, 7) is 2.87. The molecule has 0 N–H and O–H groups in total. The molecule has 0 bridgehead atoms. The van der Waals surface area contributed by atoms with Gasteiger partial charge in [-0.3, -0.25) is 9.36 Å². The highest BCUT2D eigenvalue weighted by molar-refractivity contribution is 7.99. The number of benzene rings is 2. The Bertz CT molecular complexity index is 1060. The summed E-state index contributed by atoms with van der Waals surface area (Å²) in [5.74, 6) is 0.324. The number of amides is 1. The Balaban J connectivity index is 1.68. The molecule has 0 aliphatic carbocycles. The number of rotatable bonds is 5. The SMILES string of the molecule is CC1CCCCN1C(=O)CSc1nnc(-c2ccccc2Cl)n1-c1ccccc1F. The number of halogens is 2. The van der Waals surface area contributed by atoms with Crippen molar-refractivity contribution < 1.29 is 9.18 Å². The van der Waals surface area contributed by atoms with Crippen molar-refractivity contribution in [3.8, 4) is 17.1 Å². The predicted octanol–water partition coefficient (Wildman–Crippen LogP) is 5.22. The van der Waals surface area contributed by atoms with E-state index in [0.29, 0.717) is 27.3 Å². The molecule has 1 aliphatic heterocycles. The second-order valence-electron chi connectivity index (χ2n) is 7.29. The molecule has 1 atom stereocenters. The fraction of sp³-hybridized carbons (Fsp3) is 0.318. The lowest BCUT2D eigenvalue weighted by molar-refractivity contribution is -0.131. The molecule has 1 saturated heterocycles. The number of para-hydroxylation sites is 1. The molecule has 156 valence electrons. The Morgan fingerprint density at radius 2 is 1.93 bits per heavy atom. The number of carbonyl (C=O) groups excluding carboxylic acids is 1. The highest BCUT2D eigenvalue weighted by atomic mass is 35.5. The van der Waals surface area contributed by atoms with Gasteiger partial charge in [-0.1, -0.05) is 47.6 Å². The van der Waals surface area contributed by atoms with Gasteiger partial charge in [0, 0.05) is 18.2 Å². The summed E-state index contributed by atoms with van der Waals surface area (Å²) in [5.41, 5.74) is 0.969. The molecule has 1 aliphatic rings. The molecule has 30 heavy (non-hydrogen) atoms. The third kappa shape index (κ3) is 4.23. The molecule has 3 aromatic rings. The molecule has 0 radical (unpaired) electrons. The second kappa shape index (κ2) is 9.18. The number of carbonyl (C=O) groups is 1. The molecule has 0 saturated carbocycles. The van der Waals surface area contributed by atoms with Crippen LogP contribution in [0.2, 0.25) is 5.02 Å². The van der Waals surface area contributed by atoms with Crippen LogP contribution in [0.15, 0.2) is 53.7 Å². The average Bonchev–Trinajstić information content (AvgIpc) is 3.16. The average molecular weight is 445 g/mol. The van der Waals surface area contributed by atoms with E-state index in [9.17, 15) is 9.18 Å². The van der Waals surface area contributed by atoms with Crippen LogP contribution < -0.4 is 0 Å². The Hall–Kier alpha value is -2.38. The maximum atomic E-state index is 14.7. The summed E-state index contributed by atoms with van der Waals surface area (Å²) in [7, 11) is 0. The number of piperidine rings is 1. The number of likely N-dealkylation sites (tertiary alicyclic amines) is 1. The lowest BCUT2D eigenvalue weighted by Crippen LogP contribution is -2.42. The van der Waals surface area contributed by atoms with Crippen LogP contribution in [0.3, 0.4) is 0 Å². The molecular formula is C22H22ClFN4OS. The van der Waals surface area contributed by atoms with E-state index in [1.165, 1.54) is 17.8 Å². The largest absolute Gasteiger partial charge is 0.339 e. The van der Waals surface area contributed by atoms with E-state index in [1.54, 1.807) is 28.8 Å². The maximum absolute atomic E-state index is 14.7. The zero-order valence-electron chi connectivity index (χ0n) is 16.6. The third-order valence-electron chi connectivity index (χ3n) is 5.29. The van der Waals surface area contributed by atoms with Crippen molar-refractivity contribution in [2.24, 2.45) is 0 Å². The topological polar surface area (TPSA) is 51.0 Å². The lowest BCUT2D eigenvalue weighted by atomic mass is 10.0. The third-order valence-corrected chi connectivity index (χ3v) is 6.53. The van der Waals surface area contributed by atoms with Crippen LogP contribution in [-0.2, 0) is 4.79 Å². The minimum Gasteiger partial charge on any atom is -0.339 e. The van der Waals surface area contributed by atoms with E-state index in [0.717, 1.165) is 25.8 Å². The van der Waals surface area contributed by atoms with E-state index in [2.05, 4.69) is 17.1 Å². The molecule has 8 heteroatoms. The zero-order chi connectivity index (χ0) is 21.1. The minimum atomic E-state index is -0.400. The zero-order valence-corrected chi connectivity index (χ0v) is 18.2. The lowest BCUT2D eigenvalue weighted by Gasteiger charge is -2.33. The van der Waals surface area contributed by atoms with Crippen LogP contribution in [0.25, 0.3) is 17.1 Å². The predicted molar refractivity (Wildman–Crippen MR) is 118 cm³/mol. The van der Waals surface area contributed by atoms with Gasteiger partial charge in [-0.2, -0.15) is 0 Å². The van der Waals surface area contributed by atoms with Crippen molar-refractivity contribution in [3.05, 3.63) is 59.4 Å². The standard InChI is InChI=1S/C22H22ClFN4OS/c1-15-8-6-7-13-27(15)20(29)14-30-22-26-25-21(16-9-2-3-10-17(16)23)28(22)19-12-5-4-11-18(19)24/h2-5,9-12,15H,6-8,13-14H2,1H3. The van der Waals surface area contributed by atoms with Gasteiger partial charge in [-0.25, -0.2) is 4.39 Å². The molecule has 2 aromatic carbocycles. The van der Waals surface area contributed by atoms with Crippen molar-refractivity contribution in [2.45, 2.75) is 37.4 Å². The summed E-state index contributed by atoms with van der Waals surface area (Å²) >= 11 is 7.63. The molecule has 2 heterocycles. The van der Waals surface area contributed by atoms with Crippen molar-refractivity contribution in [3.63, 3.8) is 0 Å². The smallest absolute Gasteiger partial charge is 0.233 e. The summed E-state index contributed by atoms with van der Waals surface area (Å²) in [6.07, 6.45) is 3.21. The molecule has 0 spiro atoms. The number of hydrogen-bond donors (Lipinski definition) is 0. The van der Waals surface area contributed by atoms with Crippen LogP contribution >= 0.6 is 23.4 Å². The summed E-state index contributed by atoms with van der Waals surface area (Å²) in [4.78, 5) is 14.7. The molecule has 1 amide bonds. The fourth-order valence-corrected chi connectivity index (χ4v) is 4.76. The summed E-state index contributed by atoms with van der Waals surface area (Å²) in [5, 5.41) is 9.50.